The molecule has 5 rings (SSSR count). The molecule has 1 aliphatic rings. The minimum atomic E-state index is 0.256. The Kier molecular flexibility index (Phi) is 5.31. The number of rotatable bonds is 5. The van der Waals surface area contributed by atoms with Crippen LogP contribution in [-0.4, -0.2) is 36.4 Å². The molecule has 4 heterocycles. The molecule has 1 aliphatic heterocycles. The Hall–Kier alpha value is -3.74. The molecule has 162 valence electrons. The Morgan fingerprint density at radius 1 is 1.09 bits per heavy atom. The van der Waals surface area contributed by atoms with Crippen molar-refractivity contribution in [1.29, 1.82) is 0 Å². The first-order valence-corrected chi connectivity index (χ1v) is 10.8. The average Bonchev–Trinajstić information content (AvgIpc) is 3.43. The van der Waals surface area contributed by atoms with Gasteiger partial charge in [0.25, 0.3) is 0 Å². The summed E-state index contributed by atoms with van der Waals surface area (Å²) in [5.41, 5.74) is 4.32. The number of aromatic nitrogens is 6. The first kappa shape index (κ1) is 20.2. The standard InChI is InChI=1S/C25H26N6O/c1-17-13-19(14-26-24(17)30-15-18(2)27-16-30)6-11-23-28-25-22(5-4-12-31(25)29-23)20-7-9-21(32-3)10-8-20/h6-11,13-16,22H,4-5,12H2,1-3H3/b11-6+/t22-/m1/s1. The smallest absolute Gasteiger partial charge is 0.174 e. The van der Waals surface area contributed by atoms with Crippen LogP contribution in [0.5, 0.6) is 5.75 Å². The third-order valence-corrected chi connectivity index (χ3v) is 5.86. The van der Waals surface area contributed by atoms with E-state index in [0.717, 1.165) is 59.4 Å². The van der Waals surface area contributed by atoms with Crippen LogP contribution in [0, 0.1) is 13.8 Å². The van der Waals surface area contributed by atoms with Crippen molar-refractivity contribution in [3.05, 3.63) is 83.1 Å². The second kappa shape index (κ2) is 8.42. The first-order valence-electron chi connectivity index (χ1n) is 10.8. The summed E-state index contributed by atoms with van der Waals surface area (Å²) in [6.07, 6.45) is 11.8. The lowest BCUT2D eigenvalue weighted by molar-refractivity contribution is 0.413. The molecule has 0 N–H and O–H groups in total. The van der Waals surface area contributed by atoms with Gasteiger partial charge in [0.05, 0.1) is 12.8 Å². The normalized spacial score (nSPS) is 15.8. The highest BCUT2D eigenvalue weighted by Gasteiger charge is 2.25. The highest BCUT2D eigenvalue weighted by atomic mass is 16.5. The van der Waals surface area contributed by atoms with Gasteiger partial charge >= 0.3 is 0 Å². The van der Waals surface area contributed by atoms with Crippen molar-refractivity contribution in [2.75, 3.05) is 7.11 Å². The predicted molar refractivity (Wildman–Crippen MR) is 124 cm³/mol. The van der Waals surface area contributed by atoms with Crippen LogP contribution in [0.15, 0.2) is 49.1 Å². The van der Waals surface area contributed by atoms with Crippen molar-refractivity contribution in [3.8, 4) is 11.6 Å². The van der Waals surface area contributed by atoms with Crippen LogP contribution in [0.1, 0.15) is 52.8 Å². The van der Waals surface area contributed by atoms with Crippen molar-refractivity contribution in [1.82, 2.24) is 29.3 Å². The van der Waals surface area contributed by atoms with Gasteiger partial charge in [0.1, 0.15) is 23.7 Å². The van der Waals surface area contributed by atoms with E-state index in [9.17, 15) is 0 Å². The summed E-state index contributed by atoms with van der Waals surface area (Å²) in [5.74, 6) is 3.77. The largest absolute Gasteiger partial charge is 0.497 e. The average molecular weight is 427 g/mol. The van der Waals surface area contributed by atoms with Crippen molar-refractivity contribution in [2.45, 2.75) is 39.2 Å². The summed E-state index contributed by atoms with van der Waals surface area (Å²) in [7, 11) is 1.69. The summed E-state index contributed by atoms with van der Waals surface area (Å²) >= 11 is 0. The minimum absolute atomic E-state index is 0.256. The number of ether oxygens (including phenoxy) is 1. The van der Waals surface area contributed by atoms with E-state index in [-0.39, 0.29) is 5.92 Å². The zero-order chi connectivity index (χ0) is 22.1. The van der Waals surface area contributed by atoms with E-state index >= 15 is 0 Å². The number of fused-ring (bicyclic) bond motifs is 1. The van der Waals surface area contributed by atoms with Gasteiger partial charge in [-0.25, -0.2) is 19.6 Å². The molecular weight excluding hydrogens is 400 g/mol. The summed E-state index contributed by atoms with van der Waals surface area (Å²) in [6.45, 7) is 4.93. The first-order chi connectivity index (χ1) is 15.6. The van der Waals surface area contributed by atoms with E-state index in [0.29, 0.717) is 0 Å². The molecule has 0 amide bonds. The molecule has 0 unspecified atom stereocenters. The van der Waals surface area contributed by atoms with Crippen molar-refractivity contribution >= 4 is 12.2 Å². The number of imidazole rings is 1. The minimum Gasteiger partial charge on any atom is -0.497 e. The van der Waals surface area contributed by atoms with E-state index < -0.39 is 0 Å². The monoisotopic (exact) mass is 426 g/mol. The number of pyridine rings is 1. The lowest BCUT2D eigenvalue weighted by Crippen LogP contribution is -2.17. The maximum Gasteiger partial charge on any atom is 0.174 e. The Bertz CT molecular complexity index is 1270. The molecule has 0 saturated heterocycles. The maximum atomic E-state index is 5.29. The van der Waals surface area contributed by atoms with Gasteiger partial charge in [-0.2, -0.15) is 5.10 Å². The maximum absolute atomic E-state index is 5.29. The topological polar surface area (TPSA) is 70.7 Å². The Labute approximate surface area is 187 Å². The number of hydrogen-bond donors (Lipinski definition) is 0. The van der Waals surface area contributed by atoms with Crippen LogP contribution in [0.4, 0.5) is 0 Å². The number of nitrogens with zero attached hydrogens (tertiary/aromatic N) is 6. The summed E-state index contributed by atoms with van der Waals surface area (Å²) < 4.78 is 9.29. The Morgan fingerprint density at radius 3 is 2.66 bits per heavy atom. The zero-order valence-electron chi connectivity index (χ0n) is 18.6. The van der Waals surface area contributed by atoms with Crippen LogP contribution < -0.4 is 4.74 Å². The molecule has 1 aromatic carbocycles. The highest BCUT2D eigenvalue weighted by Crippen LogP contribution is 2.33. The van der Waals surface area contributed by atoms with Gasteiger partial charge < -0.3 is 4.74 Å². The van der Waals surface area contributed by atoms with Crippen LogP contribution in [-0.2, 0) is 6.54 Å². The molecular formula is C25H26N6O. The summed E-state index contributed by atoms with van der Waals surface area (Å²) in [5, 5.41) is 4.73. The summed E-state index contributed by atoms with van der Waals surface area (Å²) in [6, 6.07) is 10.4. The van der Waals surface area contributed by atoms with Crippen LogP contribution in [0.25, 0.3) is 18.0 Å². The number of benzene rings is 1. The molecule has 0 spiro atoms. The van der Waals surface area contributed by atoms with Crippen LogP contribution >= 0.6 is 0 Å². The van der Waals surface area contributed by atoms with Gasteiger partial charge in [-0.3, -0.25) is 4.57 Å². The van der Waals surface area contributed by atoms with E-state index in [2.05, 4.69) is 35.1 Å². The second-order valence-corrected chi connectivity index (χ2v) is 8.18. The third kappa shape index (κ3) is 3.93. The SMILES string of the molecule is COc1ccc([C@H]2CCCn3nc(/C=C/c4cnc(-n5cnc(C)c5)c(C)c4)nc32)cc1. The Balaban J connectivity index is 1.37. The fraction of sp³-hybridized carbons (Fsp3) is 0.280. The molecule has 0 bridgehead atoms. The van der Waals surface area contributed by atoms with E-state index in [1.54, 1.807) is 13.4 Å². The zero-order valence-corrected chi connectivity index (χ0v) is 18.6. The molecule has 1 atom stereocenters. The van der Waals surface area contributed by atoms with Crippen molar-refractivity contribution in [3.63, 3.8) is 0 Å². The summed E-state index contributed by atoms with van der Waals surface area (Å²) in [4.78, 5) is 13.8. The van der Waals surface area contributed by atoms with Crippen LogP contribution in [0.2, 0.25) is 0 Å². The highest BCUT2D eigenvalue weighted by molar-refractivity contribution is 5.67. The van der Waals surface area contributed by atoms with Crippen molar-refractivity contribution < 1.29 is 4.74 Å². The van der Waals surface area contributed by atoms with Crippen molar-refractivity contribution in [2.24, 2.45) is 0 Å². The molecule has 0 radical (unpaired) electrons. The van der Waals surface area contributed by atoms with E-state index in [1.807, 2.05) is 52.9 Å². The number of methoxy groups -OCH3 is 1. The molecule has 0 fully saturated rings. The molecule has 7 nitrogen and oxygen atoms in total. The lowest BCUT2D eigenvalue weighted by Gasteiger charge is -2.22. The van der Waals surface area contributed by atoms with Gasteiger partial charge in [-0.05, 0) is 73.7 Å². The van der Waals surface area contributed by atoms with E-state index in [4.69, 9.17) is 14.8 Å². The van der Waals surface area contributed by atoms with E-state index in [1.165, 1.54) is 5.56 Å². The second-order valence-electron chi connectivity index (χ2n) is 8.18. The van der Waals surface area contributed by atoms with Gasteiger partial charge in [0, 0.05) is 24.9 Å². The number of aryl methyl sites for hydroxylation is 3. The van der Waals surface area contributed by atoms with Gasteiger partial charge in [0.15, 0.2) is 5.82 Å². The fourth-order valence-electron chi connectivity index (χ4n) is 4.25. The van der Waals surface area contributed by atoms with Crippen LogP contribution in [0.3, 0.4) is 0 Å². The molecule has 0 saturated carbocycles. The molecule has 4 aromatic rings. The molecule has 7 heteroatoms. The van der Waals surface area contributed by atoms with Gasteiger partial charge in [-0.1, -0.05) is 12.1 Å². The fourth-order valence-corrected chi connectivity index (χ4v) is 4.25. The molecule has 32 heavy (non-hydrogen) atoms. The third-order valence-electron chi connectivity index (χ3n) is 5.86. The Morgan fingerprint density at radius 2 is 1.94 bits per heavy atom. The predicted octanol–water partition coefficient (Wildman–Crippen LogP) is 4.58. The molecule has 3 aromatic heterocycles. The molecule has 0 aliphatic carbocycles. The van der Waals surface area contributed by atoms with Gasteiger partial charge in [0.2, 0.25) is 0 Å². The van der Waals surface area contributed by atoms with Gasteiger partial charge in [-0.15, -0.1) is 0 Å². The lowest BCUT2D eigenvalue weighted by atomic mass is 9.91. The quantitative estimate of drug-likeness (QED) is 0.467. The number of hydrogen-bond acceptors (Lipinski definition) is 5.